The Morgan fingerprint density at radius 3 is 2.81 bits per heavy atom. The molecule has 0 aromatic heterocycles. The quantitative estimate of drug-likeness (QED) is 0.647. The van der Waals surface area contributed by atoms with Gasteiger partial charge >= 0.3 is 0 Å². The normalized spacial score (nSPS) is 21.3. The molecule has 1 spiro atoms. The molecule has 0 radical (unpaired) electrons. The topological polar surface area (TPSA) is 78.9 Å². The fraction of sp³-hybridized carbons (Fsp3) is 0.333. The molecule has 2 aromatic carbocycles. The molecule has 1 aliphatic carbocycles. The van der Waals surface area contributed by atoms with Gasteiger partial charge in [-0.3, -0.25) is 14.8 Å². The maximum absolute atomic E-state index is 13.3. The van der Waals surface area contributed by atoms with Gasteiger partial charge in [-0.1, -0.05) is 12.1 Å². The van der Waals surface area contributed by atoms with Gasteiger partial charge in [-0.05, 0) is 61.1 Å². The number of carbonyl (C=O) groups is 2. The van der Waals surface area contributed by atoms with Gasteiger partial charge in [-0.2, -0.15) is 0 Å². The molecule has 2 amide bonds. The van der Waals surface area contributed by atoms with E-state index in [1.54, 1.807) is 18.7 Å². The average Bonchev–Trinajstić information content (AvgIpc) is 3.02. The lowest BCUT2D eigenvalue weighted by Gasteiger charge is -2.33. The number of anilines is 1. The number of hydrogen-bond donors (Lipinski definition) is 2. The summed E-state index contributed by atoms with van der Waals surface area (Å²) in [6, 6.07) is 13.0. The van der Waals surface area contributed by atoms with Crippen molar-refractivity contribution in [2.24, 2.45) is 5.41 Å². The van der Waals surface area contributed by atoms with E-state index in [9.17, 15) is 9.59 Å². The minimum absolute atomic E-state index is 0.165. The molecule has 1 aliphatic heterocycles. The van der Waals surface area contributed by atoms with Gasteiger partial charge in [0.15, 0.2) is 0 Å². The van der Waals surface area contributed by atoms with E-state index in [1.807, 2.05) is 41.3 Å². The van der Waals surface area contributed by atoms with Crippen molar-refractivity contribution in [1.29, 1.82) is 0 Å². The Morgan fingerprint density at radius 2 is 2.04 bits per heavy atom. The Hall–Kier alpha value is -2.86. The predicted octanol–water partition coefficient (Wildman–Crippen LogP) is 2.73. The van der Waals surface area contributed by atoms with Crippen molar-refractivity contribution in [3.63, 3.8) is 0 Å². The van der Waals surface area contributed by atoms with Crippen LogP contribution in [0.5, 0.6) is 5.75 Å². The summed E-state index contributed by atoms with van der Waals surface area (Å²) in [5.74, 6) is 0.391. The molecule has 0 saturated carbocycles. The lowest BCUT2D eigenvalue weighted by Crippen LogP contribution is -2.38. The van der Waals surface area contributed by atoms with E-state index >= 15 is 0 Å². The number of nitrogens with zero attached hydrogens (tertiary/aromatic N) is 1. The van der Waals surface area contributed by atoms with Gasteiger partial charge in [0.25, 0.3) is 5.91 Å². The molecule has 0 bridgehead atoms. The standard InChI is InChI=1S/C21H22N2O4/c1-27-18-4-2-3-17(12-18)23-10-9-21(20(23)25)8-7-14-11-15(19(24)22-26)5-6-16(14)13-21/h2-6,11-12,26H,7-10,13H2,1H3,(H,22,24)/t21-/m1/s1. The first-order valence-corrected chi connectivity index (χ1v) is 9.08. The zero-order valence-electron chi connectivity index (χ0n) is 15.2. The third kappa shape index (κ3) is 2.96. The van der Waals surface area contributed by atoms with Crippen LogP contribution in [0.15, 0.2) is 42.5 Å². The molecule has 1 atom stereocenters. The molecule has 1 fully saturated rings. The largest absolute Gasteiger partial charge is 0.497 e. The summed E-state index contributed by atoms with van der Waals surface area (Å²) < 4.78 is 5.28. The first kappa shape index (κ1) is 17.5. The van der Waals surface area contributed by atoms with Crippen molar-refractivity contribution in [3.05, 3.63) is 59.2 Å². The van der Waals surface area contributed by atoms with E-state index in [1.165, 1.54) is 0 Å². The Bertz CT molecular complexity index is 911. The molecule has 0 unspecified atom stereocenters. The second-order valence-corrected chi connectivity index (χ2v) is 7.29. The second kappa shape index (κ2) is 6.70. The molecule has 6 nitrogen and oxygen atoms in total. The summed E-state index contributed by atoms with van der Waals surface area (Å²) in [7, 11) is 1.62. The summed E-state index contributed by atoms with van der Waals surface area (Å²) in [5.41, 5.74) is 4.78. The van der Waals surface area contributed by atoms with Crippen LogP contribution in [0.2, 0.25) is 0 Å². The minimum atomic E-state index is -0.515. The highest BCUT2D eigenvalue weighted by atomic mass is 16.5. The molecule has 140 valence electrons. The van der Waals surface area contributed by atoms with Crippen molar-refractivity contribution >= 4 is 17.5 Å². The van der Waals surface area contributed by atoms with Crippen LogP contribution in [0, 0.1) is 5.41 Å². The van der Waals surface area contributed by atoms with E-state index in [2.05, 4.69) is 0 Å². The van der Waals surface area contributed by atoms with Gasteiger partial charge in [-0.25, -0.2) is 5.48 Å². The summed E-state index contributed by atoms with van der Waals surface area (Å²) in [6.45, 7) is 0.701. The van der Waals surface area contributed by atoms with Crippen molar-refractivity contribution in [1.82, 2.24) is 5.48 Å². The van der Waals surface area contributed by atoms with E-state index < -0.39 is 5.91 Å². The number of hydrogen-bond acceptors (Lipinski definition) is 4. The highest BCUT2D eigenvalue weighted by Crippen LogP contribution is 2.45. The first-order valence-electron chi connectivity index (χ1n) is 9.08. The number of amides is 2. The number of hydroxylamine groups is 1. The zero-order valence-corrected chi connectivity index (χ0v) is 15.2. The summed E-state index contributed by atoms with van der Waals surface area (Å²) >= 11 is 0. The van der Waals surface area contributed by atoms with E-state index in [4.69, 9.17) is 9.94 Å². The molecular formula is C21H22N2O4. The zero-order chi connectivity index (χ0) is 19.0. The molecule has 27 heavy (non-hydrogen) atoms. The molecule has 2 aliphatic rings. The van der Waals surface area contributed by atoms with Crippen LogP contribution >= 0.6 is 0 Å². The maximum Gasteiger partial charge on any atom is 0.274 e. The van der Waals surface area contributed by atoms with Crippen LogP contribution in [0.3, 0.4) is 0 Å². The lowest BCUT2D eigenvalue weighted by atomic mass is 9.70. The van der Waals surface area contributed by atoms with Gasteiger partial charge in [-0.15, -0.1) is 0 Å². The number of nitrogens with one attached hydrogen (secondary N) is 1. The van der Waals surface area contributed by atoms with Gasteiger partial charge < -0.3 is 9.64 Å². The van der Waals surface area contributed by atoms with Crippen LogP contribution in [0.1, 0.15) is 34.3 Å². The fourth-order valence-corrected chi connectivity index (χ4v) is 4.31. The first-order chi connectivity index (χ1) is 13.1. The van der Waals surface area contributed by atoms with E-state index in [0.717, 1.165) is 41.8 Å². The van der Waals surface area contributed by atoms with Gasteiger partial charge in [0, 0.05) is 23.9 Å². The number of rotatable bonds is 3. The molecule has 1 heterocycles. The highest BCUT2D eigenvalue weighted by molar-refractivity contribution is 6.00. The number of ether oxygens (including phenoxy) is 1. The van der Waals surface area contributed by atoms with Gasteiger partial charge in [0.05, 0.1) is 12.5 Å². The summed E-state index contributed by atoms with van der Waals surface area (Å²) in [5, 5.41) is 8.81. The van der Waals surface area contributed by atoms with Crippen molar-refractivity contribution in [3.8, 4) is 5.75 Å². The van der Waals surface area contributed by atoms with Crippen molar-refractivity contribution in [2.75, 3.05) is 18.6 Å². The number of fused-ring (bicyclic) bond motifs is 1. The number of aryl methyl sites for hydroxylation is 1. The SMILES string of the molecule is COc1cccc(N2CC[C@@]3(CCc4cc(C(=O)NO)ccc4C3)C2=O)c1. The minimum Gasteiger partial charge on any atom is -0.497 e. The van der Waals surface area contributed by atoms with Crippen LogP contribution in [-0.2, 0) is 17.6 Å². The number of methoxy groups -OCH3 is 1. The van der Waals surface area contributed by atoms with Crippen LogP contribution in [-0.4, -0.2) is 30.7 Å². The average molecular weight is 366 g/mol. The van der Waals surface area contributed by atoms with Crippen LogP contribution < -0.4 is 15.1 Å². The third-order valence-corrected chi connectivity index (χ3v) is 5.85. The van der Waals surface area contributed by atoms with Crippen molar-refractivity contribution < 1.29 is 19.5 Å². The molecule has 1 saturated heterocycles. The molecule has 2 N–H and O–H groups in total. The third-order valence-electron chi connectivity index (χ3n) is 5.85. The van der Waals surface area contributed by atoms with Gasteiger partial charge in [0.1, 0.15) is 5.75 Å². The van der Waals surface area contributed by atoms with Gasteiger partial charge in [0.2, 0.25) is 5.91 Å². The fourth-order valence-electron chi connectivity index (χ4n) is 4.31. The van der Waals surface area contributed by atoms with E-state index in [0.29, 0.717) is 18.5 Å². The maximum atomic E-state index is 13.3. The molecular weight excluding hydrogens is 344 g/mol. The number of benzene rings is 2. The summed E-state index contributed by atoms with van der Waals surface area (Å²) in [6.07, 6.45) is 3.02. The monoisotopic (exact) mass is 366 g/mol. The van der Waals surface area contributed by atoms with Crippen molar-refractivity contribution in [2.45, 2.75) is 25.7 Å². The Morgan fingerprint density at radius 1 is 1.19 bits per heavy atom. The highest BCUT2D eigenvalue weighted by Gasteiger charge is 2.48. The Labute approximate surface area is 157 Å². The second-order valence-electron chi connectivity index (χ2n) is 7.29. The predicted molar refractivity (Wildman–Crippen MR) is 100 cm³/mol. The number of carbonyl (C=O) groups excluding carboxylic acids is 2. The molecule has 2 aromatic rings. The molecule has 6 heteroatoms. The van der Waals surface area contributed by atoms with Crippen LogP contribution in [0.25, 0.3) is 0 Å². The van der Waals surface area contributed by atoms with Crippen LogP contribution in [0.4, 0.5) is 5.69 Å². The Kier molecular flexibility index (Phi) is 4.36. The lowest BCUT2D eigenvalue weighted by molar-refractivity contribution is -0.126. The van der Waals surface area contributed by atoms with E-state index in [-0.39, 0.29) is 11.3 Å². The smallest absolute Gasteiger partial charge is 0.274 e. The Balaban J connectivity index is 1.59. The summed E-state index contributed by atoms with van der Waals surface area (Å²) in [4.78, 5) is 26.8. The molecule has 4 rings (SSSR count).